The molecule has 0 aliphatic heterocycles. The zero-order valence-electron chi connectivity index (χ0n) is 14.4. The molecule has 5 heteroatoms. The number of hydrogen-bond acceptors (Lipinski definition) is 3. The third-order valence-electron chi connectivity index (χ3n) is 3.38. The van der Waals surface area contributed by atoms with E-state index in [0.717, 1.165) is 16.8 Å². The second kappa shape index (κ2) is 8.06. The standard InChI is InChI=1S/C19H23ClN2O2/c1-12(2)24-17-8-6-5-7-16(17)22-18(23)11-21-19-14(4)9-13(3)10-15(19)20/h5-10,12,21H,11H2,1-4H3,(H,22,23). The number of anilines is 2. The van der Waals surface area contributed by atoms with Crippen molar-refractivity contribution in [2.24, 2.45) is 0 Å². The number of amides is 1. The minimum Gasteiger partial charge on any atom is -0.489 e. The maximum Gasteiger partial charge on any atom is 0.243 e. The first-order chi connectivity index (χ1) is 11.4. The van der Waals surface area contributed by atoms with Crippen LogP contribution in [0.25, 0.3) is 0 Å². The molecule has 2 aromatic carbocycles. The molecule has 0 aliphatic carbocycles. The molecule has 0 saturated heterocycles. The maximum absolute atomic E-state index is 12.2. The van der Waals surface area contributed by atoms with E-state index in [4.69, 9.17) is 16.3 Å². The number of carbonyl (C=O) groups is 1. The average Bonchev–Trinajstić information content (AvgIpc) is 2.47. The molecule has 2 N–H and O–H groups in total. The van der Waals surface area contributed by atoms with Crippen molar-refractivity contribution < 1.29 is 9.53 Å². The van der Waals surface area contributed by atoms with Gasteiger partial charge in [-0.15, -0.1) is 0 Å². The van der Waals surface area contributed by atoms with Crippen molar-refractivity contribution >= 4 is 28.9 Å². The highest BCUT2D eigenvalue weighted by atomic mass is 35.5. The van der Waals surface area contributed by atoms with Gasteiger partial charge in [0.15, 0.2) is 0 Å². The quantitative estimate of drug-likeness (QED) is 0.790. The Kier molecular flexibility index (Phi) is 6.10. The summed E-state index contributed by atoms with van der Waals surface area (Å²) in [6, 6.07) is 11.3. The third-order valence-corrected chi connectivity index (χ3v) is 3.68. The number of carbonyl (C=O) groups excluding carboxylic acids is 1. The smallest absolute Gasteiger partial charge is 0.243 e. The molecule has 24 heavy (non-hydrogen) atoms. The third kappa shape index (κ3) is 4.90. The number of rotatable bonds is 6. The van der Waals surface area contributed by atoms with E-state index in [1.165, 1.54) is 0 Å². The Balaban J connectivity index is 2.02. The summed E-state index contributed by atoms with van der Waals surface area (Å²) in [5.74, 6) is 0.497. The predicted octanol–water partition coefficient (Wildman–Crippen LogP) is 4.79. The van der Waals surface area contributed by atoms with Gasteiger partial charge in [0.05, 0.1) is 29.0 Å². The fraction of sp³-hybridized carbons (Fsp3) is 0.316. The van der Waals surface area contributed by atoms with Crippen LogP contribution in [0.3, 0.4) is 0 Å². The molecule has 0 unspecified atom stereocenters. The molecular weight excluding hydrogens is 324 g/mol. The molecule has 0 heterocycles. The highest BCUT2D eigenvalue weighted by molar-refractivity contribution is 6.33. The maximum atomic E-state index is 12.2. The van der Waals surface area contributed by atoms with Crippen molar-refractivity contribution in [1.82, 2.24) is 0 Å². The molecule has 0 saturated carbocycles. The summed E-state index contributed by atoms with van der Waals surface area (Å²) >= 11 is 6.25. The van der Waals surface area contributed by atoms with Crippen molar-refractivity contribution in [1.29, 1.82) is 0 Å². The Labute approximate surface area is 148 Å². The monoisotopic (exact) mass is 346 g/mol. The van der Waals surface area contributed by atoms with Gasteiger partial charge in [-0.05, 0) is 57.0 Å². The number of para-hydroxylation sites is 2. The van der Waals surface area contributed by atoms with Crippen molar-refractivity contribution in [3.05, 3.63) is 52.5 Å². The first kappa shape index (κ1) is 18.1. The molecule has 2 aromatic rings. The molecule has 0 radical (unpaired) electrons. The van der Waals surface area contributed by atoms with E-state index < -0.39 is 0 Å². The van der Waals surface area contributed by atoms with Gasteiger partial charge in [0.25, 0.3) is 0 Å². The van der Waals surface area contributed by atoms with Crippen LogP contribution in [0.5, 0.6) is 5.75 Å². The predicted molar refractivity (Wildman–Crippen MR) is 100 cm³/mol. The van der Waals surface area contributed by atoms with Crippen LogP contribution in [-0.2, 0) is 4.79 Å². The van der Waals surface area contributed by atoms with Gasteiger partial charge in [-0.2, -0.15) is 0 Å². The van der Waals surface area contributed by atoms with Gasteiger partial charge in [-0.3, -0.25) is 4.79 Å². The van der Waals surface area contributed by atoms with Crippen LogP contribution in [0.2, 0.25) is 5.02 Å². The molecule has 0 aromatic heterocycles. The van der Waals surface area contributed by atoms with E-state index in [1.807, 2.05) is 64.1 Å². The largest absolute Gasteiger partial charge is 0.489 e. The highest BCUT2D eigenvalue weighted by Crippen LogP contribution is 2.27. The first-order valence-corrected chi connectivity index (χ1v) is 8.30. The Morgan fingerprint density at radius 2 is 1.92 bits per heavy atom. The van der Waals surface area contributed by atoms with Crippen LogP contribution in [0, 0.1) is 13.8 Å². The van der Waals surface area contributed by atoms with E-state index >= 15 is 0 Å². The Morgan fingerprint density at radius 1 is 1.21 bits per heavy atom. The van der Waals surface area contributed by atoms with Crippen LogP contribution >= 0.6 is 11.6 Å². The minimum atomic E-state index is -0.161. The van der Waals surface area contributed by atoms with Gasteiger partial charge < -0.3 is 15.4 Å². The Morgan fingerprint density at radius 3 is 2.58 bits per heavy atom. The van der Waals surface area contributed by atoms with Crippen LogP contribution in [0.1, 0.15) is 25.0 Å². The summed E-state index contributed by atoms with van der Waals surface area (Å²) in [5, 5.41) is 6.59. The van der Waals surface area contributed by atoms with E-state index in [1.54, 1.807) is 0 Å². The number of halogens is 1. The molecule has 0 fully saturated rings. The lowest BCUT2D eigenvalue weighted by molar-refractivity contribution is -0.114. The van der Waals surface area contributed by atoms with Crippen molar-refractivity contribution in [2.75, 3.05) is 17.2 Å². The Hall–Kier alpha value is -2.20. The van der Waals surface area contributed by atoms with Gasteiger partial charge in [-0.25, -0.2) is 0 Å². The molecule has 2 rings (SSSR count). The average molecular weight is 347 g/mol. The summed E-state index contributed by atoms with van der Waals surface area (Å²) < 4.78 is 5.70. The number of benzene rings is 2. The van der Waals surface area contributed by atoms with Gasteiger partial charge >= 0.3 is 0 Å². The summed E-state index contributed by atoms with van der Waals surface area (Å²) in [5.41, 5.74) is 3.54. The van der Waals surface area contributed by atoms with Crippen LogP contribution in [0.4, 0.5) is 11.4 Å². The molecule has 0 atom stereocenters. The van der Waals surface area contributed by atoms with Crippen molar-refractivity contribution in [3.63, 3.8) is 0 Å². The molecule has 1 amide bonds. The SMILES string of the molecule is Cc1cc(C)c(NCC(=O)Nc2ccccc2OC(C)C)c(Cl)c1. The molecule has 128 valence electrons. The molecular formula is C19H23ClN2O2. The fourth-order valence-electron chi connectivity index (χ4n) is 2.43. The number of hydrogen-bond donors (Lipinski definition) is 2. The highest BCUT2D eigenvalue weighted by Gasteiger charge is 2.10. The molecule has 4 nitrogen and oxygen atoms in total. The van der Waals surface area contributed by atoms with Crippen molar-refractivity contribution in [3.8, 4) is 5.75 Å². The lowest BCUT2D eigenvalue weighted by Crippen LogP contribution is -2.23. The van der Waals surface area contributed by atoms with Crippen molar-refractivity contribution in [2.45, 2.75) is 33.8 Å². The van der Waals surface area contributed by atoms with E-state index in [9.17, 15) is 4.79 Å². The summed E-state index contributed by atoms with van der Waals surface area (Å²) in [6.45, 7) is 7.97. The van der Waals surface area contributed by atoms with E-state index in [0.29, 0.717) is 16.5 Å². The second-order valence-corrected chi connectivity index (χ2v) is 6.41. The lowest BCUT2D eigenvalue weighted by Gasteiger charge is -2.16. The van der Waals surface area contributed by atoms with Crippen LogP contribution < -0.4 is 15.4 Å². The van der Waals surface area contributed by atoms with E-state index in [-0.39, 0.29) is 18.6 Å². The van der Waals surface area contributed by atoms with Gasteiger partial charge in [0.1, 0.15) is 5.75 Å². The molecule has 0 spiro atoms. The summed E-state index contributed by atoms with van der Waals surface area (Å²) in [4.78, 5) is 12.2. The summed E-state index contributed by atoms with van der Waals surface area (Å²) in [6.07, 6.45) is 0.0372. The zero-order valence-corrected chi connectivity index (χ0v) is 15.2. The molecule has 0 aliphatic rings. The number of aryl methyl sites for hydroxylation is 2. The van der Waals surface area contributed by atoms with Gasteiger partial charge in [0, 0.05) is 0 Å². The first-order valence-electron chi connectivity index (χ1n) is 7.93. The van der Waals surface area contributed by atoms with E-state index in [2.05, 4.69) is 10.6 Å². The fourth-order valence-corrected chi connectivity index (χ4v) is 2.82. The van der Waals surface area contributed by atoms with Gasteiger partial charge in [0.2, 0.25) is 5.91 Å². The topological polar surface area (TPSA) is 50.4 Å². The second-order valence-electron chi connectivity index (χ2n) is 6.00. The van der Waals surface area contributed by atoms with Crippen LogP contribution in [0.15, 0.2) is 36.4 Å². The normalized spacial score (nSPS) is 10.6. The lowest BCUT2D eigenvalue weighted by atomic mass is 10.1. The van der Waals surface area contributed by atoms with Crippen LogP contribution in [-0.4, -0.2) is 18.6 Å². The molecule has 0 bridgehead atoms. The number of ether oxygens (including phenoxy) is 1. The summed E-state index contributed by atoms with van der Waals surface area (Å²) in [7, 11) is 0. The zero-order chi connectivity index (χ0) is 17.7. The minimum absolute atomic E-state index is 0.0372. The Bertz CT molecular complexity index is 706. The number of nitrogens with one attached hydrogen (secondary N) is 2. The van der Waals surface area contributed by atoms with Gasteiger partial charge in [-0.1, -0.05) is 29.8 Å².